The van der Waals surface area contributed by atoms with E-state index < -0.39 is 0 Å². The van der Waals surface area contributed by atoms with Crippen molar-refractivity contribution >= 4 is 16.6 Å². The lowest BCUT2D eigenvalue weighted by atomic mass is 10.1. The summed E-state index contributed by atoms with van der Waals surface area (Å²) >= 11 is 0. The highest BCUT2D eigenvalue weighted by atomic mass is 16.7. The number of hydrogen-bond acceptors (Lipinski definition) is 5. The van der Waals surface area contributed by atoms with Gasteiger partial charge in [-0.2, -0.15) is 0 Å². The SMILES string of the molecule is CCC(COc1ccc2ccc(-c3ccc(N(C)C)cc3)nc2c1)OC1CCCCO1. The third kappa shape index (κ3) is 5.54. The molecule has 4 rings (SSSR count). The molecule has 0 radical (unpaired) electrons. The molecule has 164 valence electrons. The molecule has 1 aliphatic rings. The summed E-state index contributed by atoms with van der Waals surface area (Å²) in [5.41, 5.74) is 4.16. The van der Waals surface area contributed by atoms with E-state index in [9.17, 15) is 0 Å². The van der Waals surface area contributed by atoms with Gasteiger partial charge < -0.3 is 19.1 Å². The Morgan fingerprint density at radius 3 is 2.58 bits per heavy atom. The van der Waals surface area contributed by atoms with Gasteiger partial charge in [0.2, 0.25) is 0 Å². The normalized spacial score (nSPS) is 17.5. The summed E-state index contributed by atoms with van der Waals surface area (Å²) in [6, 6.07) is 18.7. The summed E-state index contributed by atoms with van der Waals surface area (Å²) in [6.45, 7) is 3.42. The molecule has 0 saturated carbocycles. The summed E-state index contributed by atoms with van der Waals surface area (Å²) in [6.07, 6.45) is 4.07. The van der Waals surface area contributed by atoms with Crippen LogP contribution in [-0.4, -0.2) is 44.7 Å². The van der Waals surface area contributed by atoms with E-state index in [0.29, 0.717) is 6.61 Å². The number of rotatable bonds is 8. The van der Waals surface area contributed by atoms with E-state index in [-0.39, 0.29) is 12.4 Å². The van der Waals surface area contributed by atoms with Crippen molar-refractivity contribution in [2.45, 2.75) is 45.0 Å². The Morgan fingerprint density at radius 1 is 1.06 bits per heavy atom. The van der Waals surface area contributed by atoms with Crippen LogP contribution in [0.3, 0.4) is 0 Å². The predicted molar refractivity (Wildman–Crippen MR) is 126 cm³/mol. The van der Waals surface area contributed by atoms with Gasteiger partial charge in [0.1, 0.15) is 12.4 Å². The molecular formula is C26H32N2O3. The largest absolute Gasteiger partial charge is 0.491 e. The zero-order chi connectivity index (χ0) is 21.6. The Morgan fingerprint density at radius 2 is 1.87 bits per heavy atom. The molecule has 2 atom stereocenters. The summed E-state index contributed by atoms with van der Waals surface area (Å²) < 4.78 is 17.9. The minimum atomic E-state index is -0.0954. The van der Waals surface area contributed by atoms with Gasteiger partial charge >= 0.3 is 0 Å². The van der Waals surface area contributed by atoms with E-state index in [1.807, 2.05) is 26.2 Å². The molecule has 0 spiro atoms. The van der Waals surface area contributed by atoms with Crippen LogP contribution in [0.15, 0.2) is 54.6 Å². The van der Waals surface area contributed by atoms with Crippen LogP contribution >= 0.6 is 0 Å². The van der Waals surface area contributed by atoms with Crippen LogP contribution in [-0.2, 0) is 9.47 Å². The van der Waals surface area contributed by atoms with Crippen LogP contribution in [0.4, 0.5) is 5.69 Å². The van der Waals surface area contributed by atoms with Gasteiger partial charge in [0, 0.05) is 43.4 Å². The number of benzene rings is 2. The lowest BCUT2D eigenvalue weighted by Gasteiger charge is -2.27. The molecule has 0 aliphatic carbocycles. The summed E-state index contributed by atoms with van der Waals surface area (Å²) in [5, 5.41) is 1.10. The van der Waals surface area contributed by atoms with E-state index >= 15 is 0 Å². The maximum Gasteiger partial charge on any atom is 0.158 e. The maximum absolute atomic E-state index is 6.09. The fourth-order valence-corrected chi connectivity index (χ4v) is 3.75. The highest BCUT2D eigenvalue weighted by molar-refractivity contribution is 5.83. The van der Waals surface area contributed by atoms with Gasteiger partial charge in [0.25, 0.3) is 0 Å². The Balaban J connectivity index is 1.45. The molecule has 1 saturated heterocycles. The zero-order valence-corrected chi connectivity index (χ0v) is 18.7. The average molecular weight is 421 g/mol. The van der Waals surface area contributed by atoms with E-state index in [4.69, 9.17) is 19.2 Å². The van der Waals surface area contributed by atoms with Crippen LogP contribution in [0.1, 0.15) is 32.6 Å². The average Bonchev–Trinajstić information content (AvgIpc) is 2.82. The monoisotopic (exact) mass is 420 g/mol. The van der Waals surface area contributed by atoms with E-state index in [0.717, 1.165) is 53.8 Å². The van der Waals surface area contributed by atoms with Gasteiger partial charge in [-0.25, -0.2) is 4.98 Å². The third-order valence-electron chi connectivity index (χ3n) is 5.72. The molecule has 0 N–H and O–H groups in total. The van der Waals surface area contributed by atoms with Gasteiger partial charge in [-0.05, 0) is 56.0 Å². The zero-order valence-electron chi connectivity index (χ0n) is 18.7. The minimum Gasteiger partial charge on any atom is -0.491 e. The first kappa shape index (κ1) is 21.6. The van der Waals surface area contributed by atoms with Crippen molar-refractivity contribution in [3.63, 3.8) is 0 Å². The first-order valence-electron chi connectivity index (χ1n) is 11.2. The van der Waals surface area contributed by atoms with Crippen LogP contribution in [0, 0.1) is 0 Å². The molecule has 2 heterocycles. The van der Waals surface area contributed by atoms with Crippen LogP contribution in [0.2, 0.25) is 0 Å². The van der Waals surface area contributed by atoms with Crippen molar-refractivity contribution in [3.05, 3.63) is 54.6 Å². The van der Waals surface area contributed by atoms with Crippen LogP contribution in [0.25, 0.3) is 22.2 Å². The number of anilines is 1. The Hall–Kier alpha value is -2.63. The van der Waals surface area contributed by atoms with Crippen LogP contribution < -0.4 is 9.64 Å². The van der Waals surface area contributed by atoms with Crippen LogP contribution in [0.5, 0.6) is 5.75 Å². The van der Waals surface area contributed by atoms with Crippen molar-refractivity contribution in [3.8, 4) is 17.0 Å². The quantitative estimate of drug-likeness (QED) is 0.470. The highest BCUT2D eigenvalue weighted by Crippen LogP contribution is 2.26. The molecule has 3 aromatic rings. The van der Waals surface area contributed by atoms with Gasteiger partial charge in [0.05, 0.1) is 17.3 Å². The molecule has 0 bridgehead atoms. The Kier molecular flexibility index (Phi) is 7.05. The Labute approximate surface area is 184 Å². The van der Waals surface area contributed by atoms with Crippen molar-refractivity contribution in [2.24, 2.45) is 0 Å². The summed E-state index contributed by atoms with van der Waals surface area (Å²) in [5.74, 6) is 0.812. The fraction of sp³-hybridized carbons (Fsp3) is 0.423. The molecule has 1 aromatic heterocycles. The molecule has 2 aromatic carbocycles. The topological polar surface area (TPSA) is 43.8 Å². The number of ether oxygens (including phenoxy) is 3. The van der Waals surface area contributed by atoms with E-state index in [1.165, 1.54) is 12.1 Å². The van der Waals surface area contributed by atoms with E-state index in [2.05, 4.69) is 54.3 Å². The highest BCUT2D eigenvalue weighted by Gasteiger charge is 2.19. The second-order valence-corrected chi connectivity index (χ2v) is 8.27. The summed E-state index contributed by atoms with van der Waals surface area (Å²) in [7, 11) is 4.09. The number of nitrogens with zero attached hydrogens (tertiary/aromatic N) is 2. The van der Waals surface area contributed by atoms with Crippen molar-refractivity contribution in [1.82, 2.24) is 4.98 Å². The van der Waals surface area contributed by atoms with Crippen molar-refractivity contribution in [1.29, 1.82) is 0 Å². The first-order chi connectivity index (χ1) is 15.1. The second kappa shape index (κ2) is 10.1. The first-order valence-corrected chi connectivity index (χ1v) is 11.2. The second-order valence-electron chi connectivity index (χ2n) is 8.27. The minimum absolute atomic E-state index is 0.0216. The molecule has 5 nitrogen and oxygen atoms in total. The predicted octanol–water partition coefficient (Wildman–Crippen LogP) is 5.67. The number of hydrogen-bond donors (Lipinski definition) is 0. The molecule has 5 heteroatoms. The third-order valence-corrected chi connectivity index (χ3v) is 5.72. The lowest BCUT2D eigenvalue weighted by molar-refractivity contribution is -0.193. The van der Waals surface area contributed by atoms with Gasteiger partial charge in [0.15, 0.2) is 6.29 Å². The molecule has 0 amide bonds. The summed E-state index contributed by atoms with van der Waals surface area (Å²) in [4.78, 5) is 6.97. The lowest BCUT2D eigenvalue weighted by Crippen LogP contribution is -2.31. The molecule has 1 fully saturated rings. The van der Waals surface area contributed by atoms with Crippen molar-refractivity contribution < 1.29 is 14.2 Å². The number of pyridine rings is 1. The number of aromatic nitrogens is 1. The molecule has 2 unspecified atom stereocenters. The van der Waals surface area contributed by atoms with E-state index in [1.54, 1.807) is 0 Å². The fourth-order valence-electron chi connectivity index (χ4n) is 3.75. The maximum atomic E-state index is 6.09. The van der Waals surface area contributed by atoms with Gasteiger partial charge in [-0.3, -0.25) is 0 Å². The van der Waals surface area contributed by atoms with Crippen molar-refractivity contribution in [2.75, 3.05) is 32.2 Å². The number of fused-ring (bicyclic) bond motifs is 1. The van der Waals surface area contributed by atoms with Gasteiger partial charge in [-0.15, -0.1) is 0 Å². The molecule has 1 aliphatic heterocycles. The Bertz CT molecular complexity index is 982. The van der Waals surface area contributed by atoms with Gasteiger partial charge in [-0.1, -0.05) is 25.1 Å². The standard InChI is InChI=1S/C26H32N2O3/c1-4-22(31-26-7-5-6-16-29-26)18-30-23-14-10-20-11-15-24(27-25(20)17-23)19-8-12-21(13-9-19)28(2)3/h8-15,17,22,26H,4-7,16,18H2,1-3H3. The molecular weight excluding hydrogens is 388 g/mol. The molecule has 31 heavy (non-hydrogen) atoms. The smallest absolute Gasteiger partial charge is 0.158 e.